The molecule has 18 heavy (non-hydrogen) atoms. The molecule has 1 aromatic carbocycles. The first-order valence-electron chi connectivity index (χ1n) is 6.15. The second-order valence-corrected chi connectivity index (χ2v) is 5.31. The largest absolute Gasteiger partial charge is 0.393 e. The Morgan fingerprint density at radius 2 is 2.22 bits per heavy atom. The predicted octanol–water partition coefficient (Wildman–Crippen LogP) is 2.61. The summed E-state index contributed by atoms with van der Waals surface area (Å²) in [5, 5.41) is 12.0. The SMILES string of the molecule is CSc1ccc(C)c(C(=O)NCCCC(C)O)c1. The van der Waals surface area contributed by atoms with Crippen LogP contribution in [0.4, 0.5) is 0 Å². The third kappa shape index (κ3) is 4.70. The Morgan fingerprint density at radius 1 is 1.50 bits per heavy atom. The quantitative estimate of drug-likeness (QED) is 0.615. The molecule has 1 atom stereocenters. The van der Waals surface area contributed by atoms with Gasteiger partial charge >= 0.3 is 0 Å². The minimum absolute atomic E-state index is 0.0333. The molecule has 3 nitrogen and oxygen atoms in total. The van der Waals surface area contributed by atoms with E-state index in [2.05, 4.69) is 5.32 Å². The number of hydrogen-bond acceptors (Lipinski definition) is 3. The fraction of sp³-hybridized carbons (Fsp3) is 0.500. The minimum Gasteiger partial charge on any atom is -0.393 e. The highest BCUT2D eigenvalue weighted by molar-refractivity contribution is 7.98. The first-order chi connectivity index (χ1) is 8.54. The van der Waals surface area contributed by atoms with E-state index in [9.17, 15) is 4.79 Å². The molecule has 4 heteroatoms. The highest BCUT2D eigenvalue weighted by Crippen LogP contribution is 2.18. The van der Waals surface area contributed by atoms with Crippen LogP contribution in [0.25, 0.3) is 0 Å². The molecular formula is C14H21NO2S. The molecule has 0 spiro atoms. The molecule has 0 bridgehead atoms. The van der Waals surface area contributed by atoms with Gasteiger partial charge in [-0.3, -0.25) is 4.79 Å². The average molecular weight is 267 g/mol. The van der Waals surface area contributed by atoms with E-state index >= 15 is 0 Å². The summed E-state index contributed by atoms with van der Waals surface area (Å²) in [5.74, 6) is -0.0333. The molecule has 0 aromatic heterocycles. The number of carbonyl (C=O) groups is 1. The van der Waals surface area contributed by atoms with Gasteiger partial charge in [0.25, 0.3) is 5.91 Å². The normalized spacial score (nSPS) is 12.2. The van der Waals surface area contributed by atoms with Crippen molar-refractivity contribution in [1.82, 2.24) is 5.32 Å². The molecule has 100 valence electrons. The molecule has 0 radical (unpaired) electrons. The minimum atomic E-state index is -0.302. The second kappa shape index (κ2) is 7.44. The van der Waals surface area contributed by atoms with Crippen molar-refractivity contribution in [2.24, 2.45) is 0 Å². The van der Waals surface area contributed by atoms with Crippen LogP contribution in [0.1, 0.15) is 35.7 Å². The van der Waals surface area contributed by atoms with Gasteiger partial charge in [0.05, 0.1) is 6.10 Å². The number of aryl methyl sites for hydroxylation is 1. The third-order valence-corrected chi connectivity index (χ3v) is 3.50. The number of aliphatic hydroxyl groups is 1. The van der Waals surface area contributed by atoms with Crippen molar-refractivity contribution in [3.63, 3.8) is 0 Å². The summed E-state index contributed by atoms with van der Waals surface area (Å²) >= 11 is 1.63. The van der Waals surface area contributed by atoms with Crippen LogP contribution in [0, 0.1) is 6.92 Å². The predicted molar refractivity (Wildman–Crippen MR) is 76.2 cm³/mol. The molecule has 0 aliphatic carbocycles. The Hall–Kier alpha value is -1.00. The number of thioether (sulfide) groups is 1. The fourth-order valence-electron chi connectivity index (χ4n) is 1.67. The summed E-state index contributed by atoms with van der Waals surface area (Å²) in [4.78, 5) is 13.1. The molecule has 0 fully saturated rings. The number of benzene rings is 1. The van der Waals surface area contributed by atoms with E-state index in [0.717, 1.165) is 22.4 Å². The van der Waals surface area contributed by atoms with Gasteiger partial charge in [-0.05, 0) is 50.6 Å². The van der Waals surface area contributed by atoms with Crippen LogP contribution in [0.5, 0.6) is 0 Å². The van der Waals surface area contributed by atoms with E-state index < -0.39 is 0 Å². The van der Waals surface area contributed by atoms with Crippen molar-refractivity contribution in [3.8, 4) is 0 Å². The molecule has 0 saturated carbocycles. The number of nitrogens with one attached hydrogen (secondary N) is 1. The van der Waals surface area contributed by atoms with Crippen LogP contribution in [0.3, 0.4) is 0 Å². The monoisotopic (exact) mass is 267 g/mol. The first kappa shape index (κ1) is 15.1. The smallest absolute Gasteiger partial charge is 0.251 e. The number of amides is 1. The summed E-state index contributed by atoms with van der Waals surface area (Å²) in [6.45, 7) is 4.30. The third-order valence-electron chi connectivity index (χ3n) is 2.77. The van der Waals surface area contributed by atoms with Gasteiger partial charge in [0.1, 0.15) is 0 Å². The lowest BCUT2D eigenvalue weighted by atomic mass is 10.1. The van der Waals surface area contributed by atoms with E-state index in [1.165, 1.54) is 0 Å². The molecule has 0 saturated heterocycles. The zero-order chi connectivity index (χ0) is 13.5. The van der Waals surface area contributed by atoms with Gasteiger partial charge in [0.2, 0.25) is 0 Å². The molecule has 1 rings (SSSR count). The summed E-state index contributed by atoms with van der Waals surface area (Å²) in [7, 11) is 0. The zero-order valence-corrected chi connectivity index (χ0v) is 12.0. The number of aliphatic hydroxyl groups excluding tert-OH is 1. The average Bonchev–Trinajstić information content (AvgIpc) is 2.34. The number of hydrogen-bond donors (Lipinski definition) is 2. The summed E-state index contributed by atoms with van der Waals surface area (Å²) in [5.41, 5.74) is 1.72. The van der Waals surface area contributed by atoms with E-state index in [1.54, 1.807) is 18.7 Å². The Labute approximate surface area is 113 Å². The van der Waals surface area contributed by atoms with E-state index in [0.29, 0.717) is 13.0 Å². The molecule has 0 aliphatic heterocycles. The van der Waals surface area contributed by atoms with Gasteiger partial charge in [-0.15, -0.1) is 11.8 Å². The van der Waals surface area contributed by atoms with E-state index in [-0.39, 0.29) is 12.0 Å². The van der Waals surface area contributed by atoms with Gasteiger partial charge in [-0.25, -0.2) is 0 Å². The van der Waals surface area contributed by atoms with Crippen LogP contribution < -0.4 is 5.32 Å². The fourth-order valence-corrected chi connectivity index (χ4v) is 2.11. The Balaban J connectivity index is 2.55. The summed E-state index contributed by atoms with van der Waals surface area (Å²) in [6.07, 6.45) is 3.20. The van der Waals surface area contributed by atoms with Crippen LogP contribution in [0.15, 0.2) is 23.1 Å². The van der Waals surface area contributed by atoms with Crippen LogP contribution in [0.2, 0.25) is 0 Å². The Morgan fingerprint density at radius 3 is 2.83 bits per heavy atom. The van der Waals surface area contributed by atoms with Gasteiger partial charge < -0.3 is 10.4 Å². The Bertz CT molecular complexity index is 405. The van der Waals surface area contributed by atoms with Crippen LogP contribution >= 0.6 is 11.8 Å². The maximum absolute atomic E-state index is 12.0. The van der Waals surface area contributed by atoms with Gasteiger partial charge in [-0.1, -0.05) is 6.07 Å². The van der Waals surface area contributed by atoms with Gasteiger partial charge in [0, 0.05) is 17.0 Å². The second-order valence-electron chi connectivity index (χ2n) is 4.43. The summed E-state index contributed by atoms with van der Waals surface area (Å²) in [6, 6.07) is 5.91. The first-order valence-corrected chi connectivity index (χ1v) is 7.38. The maximum Gasteiger partial charge on any atom is 0.251 e. The molecule has 1 aromatic rings. The van der Waals surface area contributed by atoms with Crippen molar-refractivity contribution >= 4 is 17.7 Å². The standard InChI is InChI=1S/C14H21NO2S/c1-10-6-7-12(18-3)9-13(10)14(17)15-8-4-5-11(2)16/h6-7,9,11,16H,4-5,8H2,1-3H3,(H,15,17). The van der Waals surface area contributed by atoms with Crippen molar-refractivity contribution in [1.29, 1.82) is 0 Å². The lowest BCUT2D eigenvalue weighted by molar-refractivity contribution is 0.0949. The van der Waals surface area contributed by atoms with Crippen LogP contribution in [-0.2, 0) is 0 Å². The molecule has 2 N–H and O–H groups in total. The Kier molecular flexibility index (Phi) is 6.22. The molecule has 1 unspecified atom stereocenters. The van der Waals surface area contributed by atoms with Crippen molar-refractivity contribution in [3.05, 3.63) is 29.3 Å². The van der Waals surface area contributed by atoms with Gasteiger partial charge in [0.15, 0.2) is 0 Å². The highest BCUT2D eigenvalue weighted by atomic mass is 32.2. The van der Waals surface area contributed by atoms with Crippen LogP contribution in [-0.4, -0.2) is 29.9 Å². The van der Waals surface area contributed by atoms with Crippen molar-refractivity contribution in [2.45, 2.75) is 37.7 Å². The number of carbonyl (C=O) groups excluding carboxylic acids is 1. The topological polar surface area (TPSA) is 49.3 Å². The molecule has 0 heterocycles. The van der Waals surface area contributed by atoms with Crippen molar-refractivity contribution < 1.29 is 9.90 Å². The van der Waals surface area contributed by atoms with E-state index in [4.69, 9.17) is 5.11 Å². The molecule has 1 amide bonds. The lowest BCUT2D eigenvalue weighted by Crippen LogP contribution is -2.25. The number of rotatable bonds is 6. The lowest BCUT2D eigenvalue weighted by Gasteiger charge is -2.09. The summed E-state index contributed by atoms with van der Waals surface area (Å²) < 4.78 is 0. The van der Waals surface area contributed by atoms with E-state index in [1.807, 2.05) is 31.4 Å². The van der Waals surface area contributed by atoms with Gasteiger partial charge in [-0.2, -0.15) is 0 Å². The zero-order valence-electron chi connectivity index (χ0n) is 11.2. The maximum atomic E-state index is 12.0. The molecule has 0 aliphatic rings. The van der Waals surface area contributed by atoms with Crippen molar-refractivity contribution in [2.75, 3.05) is 12.8 Å². The highest BCUT2D eigenvalue weighted by Gasteiger charge is 2.09. The molecular weight excluding hydrogens is 246 g/mol.